The summed E-state index contributed by atoms with van der Waals surface area (Å²) in [5, 5.41) is 6.87. The summed E-state index contributed by atoms with van der Waals surface area (Å²) < 4.78 is 0. The van der Waals surface area contributed by atoms with Crippen LogP contribution in [0.1, 0.15) is 11.1 Å². The van der Waals surface area contributed by atoms with E-state index in [2.05, 4.69) is 10.6 Å². The highest BCUT2D eigenvalue weighted by Crippen LogP contribution is 2.26. The van der Waals surface area contributed by atoms with Crippen molar-refractivity contribution in [2.45, 2.75) is 19.4 Å². The van der Waals surface area contributed by atoms with Crippen molar-refractivity contribution < 1.29 is 4.79 Å². The number of benzene rings is 2. The van der Waals surface area contributed by atoms with Crippen LogP contribution in [0.2, 0.25) is 5.02 Å². The van der Waals surface area contributed by atoms with Crippen LogP contribution in [0.25, 0.3) is 0 Å². The molecule has 4 heteroatoms. The van der Waals surface area contributed by atoms with Gasteiger partial charge in [0.1, 0.15) is 6.04 Å². The molecule has 2 N–H and O–H groups in total. The average Bonchev–Trinajstić information content (AvgIpc) is 2.86. The number of carbonyl (C=O) groups is 1. The van der Waals surface area contributed by atoms with Gasteiger partial charge in [0.2, 0.25) is 5.91 Å². The monoisotopic (exact) mass is 286 g/mol. The second-order valence-corrected chi connectivity index (χ2v) is 5.44. The molecule has 3 nitrogen and oxygen atoms in total. The van der Waals surface area contributed by atoms with Gasteiger partial charge in [-0.2, -0.15) is 0 Å². The van der Waals surface area contributed by atoms with E-state index < -0.39 is 0 Å². The maximum atomic E-state index is 12.3. The second-order valence-electron chi connectivity index (χ2n) is 5.01. The molecule has 0 bridgehead atoms. The molecule has 0 spiro atoms. The van der Waals surface area contributed by atoms with E-state index in [-0.39, 0.29) is 11.9 Å². The molecule has 2 aromatic rings. The van der Waals surface area contributed by atoms with Crippen LogP contribution in [0.3, 0.4) is 0 Å². The smallest absolute Gasteiger partial charge is 0.247 e. The fourth-order valence-electron chi connectivity index (χ4n) is 2.44. The van der Waals surface area contributed by atoms with Gasteiger partial charge in [-0.1, -0.05) is 29.8 Å². The van der Waals surface area contributed by atoms with Gasteiger partial charge in [0.15, 0.2) is 0 Å². The number of amides is 1. The van der Waals surface area contributed by atoms with Crippen molar-refractivity contribution in [1.82, 2.24) is 0 Å². The Kier molecular flexibility index (Phi) is 3.36. The molecule has 0 radical (unpaired) electrons. The van der Waals surface area contributed by atoms with Gasteiger partial charge in [0.05, 0.1) is 0 Å². The summed E-state index contributed by atoms with van der Waals surface area (Å²) in [6.07, 6.45) is 0.717. The number of halogens is 1. The molecule has 0 saturated carbocycles. The fourth-order valence-corrected chi connectivity index (χ4v) is 2.67. The zero-order valence-corrected chi connectivity index (χ0v) is 11.9. The Balaban J connectivity index is 1.72. The summed E-state index contributed by atoms with van der Waals surface area (Å²) >= 11 is 5.92. The Morgan fingerprint density at radius 2 is 2.10 bits per heavy atom. The number of hydrogen-bond acceptors (Lipinski definition) is 2. The molecule has 1 aliphatic rings. The molecule has 1 aliphatic heterocycles. The lowest BCUT2D eigenvalue weighted by atomic mass is 10.1. The lowest BCUT2D eigenvalue weighted by Gasteiger charge is -2.13. The highest BCUT2D eigenvalue weighted by Gasteiger charge is 2.26. The Morgan fingerprint density at radius 3 is 2.85 bits per heavy atom. The van der Waals surface area contributed by atoms with E-state index in [0.29, 0.717) is 11.4 Å². The third-order valence-corrected chi connectivity index (χ3v) is 3.77. The van der Waals surface area contributed by atoms with Gasteiger partial charge in [-0.15, -0.1) is 0 Å². The second kappa shape index (κ2) is 5.17. The minimum atomic E-state index is -0.220. The van der Waals surface area contributed by atoms with Gasteiger partial charge in [-0.3, -0.25) is 4.79 Å². The number of fused-ring (bicyclic) bond motifs is 1. The van der Waals surface area contributed by atoms with Crippen LogP contribution in [0, 0.1) is 6.92 Å². The summed E-state index contributed by atoms with van der Waals surface area (Å²) in [4.78, 5) is 12.3. The minimum Gasteiger partial charge on any atom is -0.373 e. The molecular weight excluding hydrogens is 272 g/mol. The number of anilines is 2. The van der Waals surface area contributed by atoms with Gasteiger partial charge in [-0.25, -0.2) is 0 Å². The maximum absolute atomic E-state index is 12.3. The average molecular weight is 287 g/mol. The van der Waals surface area contributed by atoms with Gasteiger partial charge in [0, 0.05) is 22.8 Å². The minimum absolute atomic E-state index is 0.0216. The largest absolute Gasteiger partial charge is 0.373 e. The van der Waals surface area contributed by atoms with E-state index in [9.17, 15) is 4.79 Å². The third kappa shape index (κ3) is 2.49. The molecule has 3 rings (SSSR count). The van der Waals surface area contributed by atoms with E-state index >= 15 is 0 Å². The predicted octanol–water partition coefficient (Wildman–Crippen LogP) is 3.62. The summed E-state index contributed by atoms with van der Waals surface area (Å²) in [5.41, 5.74) is 3.99. The lowest BCUT2D eigenvalue weighted by molar-refractivity contribution is -0.116. The van der Waals surface area contributed by atoms with Gasteiger partial charge in [-0.05, 0) is 42.3 Å². The first-order chi connectivity index (χ1) is 9.63. The lowest BCUT2D eigenvalue weighted by Crippen LogP contribution is -2.33. The molecule has 1 atom stereocenters. The molecule has 0 unspecified atom stereocenters. The summed E-state index contributed by atoms with van der Waals surface area (Å²) in [5.74, 6) is -0.0216. The predicted molar refractivity (Wildman–Crippen MR) is 82.4 cm³/mol. The number of carbonyl (C=O) groups excluding carboxylic acids is 1. The number of para-hydroxylation sites is 1. The zero-order chi connectivity index (χ0) is 14.1. The van der Waals surface area contributed by atoms with E-state index in [4.69, 9.17) is 11.6 Å². The first kappa shape index (κ1) is 13.0. The summed E-state index contributed by atoms with van der Waals surface area (Å²) in [6.45, 7) is 1.93. The van der Waals surface area contributed by atoms with Crippen molar-refractivity contribution in [3.63, 3.8) is 0 Å². The van der Waals surface area contributed by atoms with E-state index in [1.165, 1.54) is 5.56 Å². The molecule has 1 heterocycles. The van der Waals surface area contributed by atoms with Crippen molar-refractivity contribution >= 4 is 28.9 Å². The van der Waals surface area contributed by atoms with Crippen molar-refractivity contribution in [1.29, 1.82) is 0 Å². The number of nitrogens with one attached hydrogen (secondary N) is 2. The van der Waals surface area contributed by atoms with Gasteiger partial charge < -0.3 is 10.6 Å². The normalized spacial score (nSPS) is 16.4. The molecule has 20 heavy (non-hydrogen) atoms. The molecule has 0 saturated heterocycles. The Labute approximate surface area is 123 Å². The zero-order valence-electron chi connectivity index (χ0n) is 11.1. The van der Waals surface area contributed by atoms with Crippen LogP contribution in [0.5, 0.6) is 0 Å². The number of hydrogen-bond donors (Lipinski definition) is 2. The SMILES string of the molecule is Cc1cc(Cl)ccc1NC(=O)[C@@H]1Cc2ccccc2N1. The van der Waals surface area contributed by atoms with E-state index in [1.54, 1.807) is 6.07 Å². The van der Waals surface area contributed by atoms with Crippen LogP contribution in [0.4, 0.5) is 11.4 Å². The van der Waals surface area contributed by atoms with Crippen molar-refractivity contribution in [3.8, 4) is 0 Å². The molecular formula is C16H15ClN2O. The molecule has 0 aromatic heterocycles. The van der Waals surface area contributed by atoms with Crippen LogP contribution in [0.15, 0.2) is 42.5 Å². The molecule has 102 valence electrons. The van der Waals surface area contributed by atoms with Crippen molar-refractivity contribution in [2.75, 3.05) is 10.6 Å². The molecule has 1 amide bonds. The third-order valence-electron chi connectivity index (χ3n) is 3.53. The summed E-state index contributed by atoms with van der Waals surface area (Å²) in [7, 11) is 0. The van der Waals surface area contributed by atoms with Crippen LogP contribution in [-0.2, 0) is 11.2 Å². The van der Waals surface area contributed by atoms with E-state index in [0.717, 1.165) is 16.9 Å². The highest BCUT2D eigenvalue weighted by molar-refractivity contribution is 6.30. The fraction of sp³-hybridized carbons (Fsp3) is 0.188. The topological polar surface area (TPSA) is 41.1 Å². The maximum Gasteiger partial charge on any atom is 0.247 e. The van der Waals surface area contributed by atoms with Gasteiger partial charge >= 0.3 is 0 Å². The van der Waals surface area contributed by atoms with Crippen LogP contribution in [-0.4, -0.2) is 11.9 Å². The van der Waals surface area contributed by atoms with Gasteiger partial charge in [0.25, 0.3) is 0 Å². The standard InChI is InChI=1S/C16H15ClN2O/c1-10-8-12(17)6-7-13(10)19-16(20)15-9-11-4-2-3-5-14(11)18-15/h2-8,15,18H,9H2,1H3,(H,19,20)/t15-/m0/s1. The molecule has 0 aliphatic carbocycles. The Bertz CT molecular complexity index is 644. The van der Waals surface area contributed by atoms with Crippen LogP contribution >= 0.6 is 11.6 Å². The quantitative estimate of drug-likeness (QED) is 0.885. The summed E-state index contributed by atoms with van der Waals surface area (Å²) in [6, 6.07) is 13.2. The number of rotatable bonds is 2. The highest BCUT2D eigenvalue weighted by atomic mass is 35.5. The Morgan fingerprint density at radius 1 is 1.30 bits per heavy atom. The van der Waals surface area contributed by atoms with Crippen molar-refractivity contribution in [2.24, 2.45) is 0 Å². The van der Waals surface area contributed by atoms with E-state index in [1.807, 2.05) is 43.3 Å². The molecule has 2 aromatic carbocycles. The first-order valence-corrected chi connectivity index (χ1v) is 6.93. The van der Waals surface area contributed by atoms with Crippen molar-refractivity contribution in [3.05, 3.63) is 58.6 Å². The molecule has 0 fully saturated rings. The number of aryl methyl sites for hydroxylation is 1. The Hall–Kier alpha value is -2.00. The first-order valence-electron chi connectivity index (χ1n) is 6.55. The van der Waals surface area contributed by atoms with Crippen LogP contribution < -0.4 is 10.6 Å².